The number of carboxylic acids is 1. The SMILES string of the molecule is CC(=O)CSc1cccnc1C(=O)[O-]. The van der Waals surface area contributed by atoms with Gasteiger partial charge in [0.15, 0.2) is 0 Å². The van der Waals surface area contributed by atoms with E-state index in [1.165, 1.54) is 13.1 Å². The van der Waals surface area contributed by atoms with Gasteiger partial charge >= 0.3 is 0 Å². The fourth-order valence-corrected chi connectivity index (χ4v) is 1.65. The Morgan fingerprint density at radius 3 is 2.86 bits per heavy atom. The predicted molar refractivity (Wildman–Crippen MR) is 50.0 cm³/mol. The summed E-state index contributed by atoms with van der Waals surface area (Å²) in [7, 11) is 0. The maximum Gasteiger partial charge on any atom is 0.140 e. The summed E-state index contributed by atoms with van der Waals surface area (Å²) in [6.45, 7) is 1.45. The van der Waals surface area contributed by atoms with E-state index in [-0.39, 0.29) is 17.2 Å². The number of nitrogens with zero attached hydrogens (tertiary/aromatic N) is 1. The van der Waals surface area contributed by atoms with Crippen molar-refractivity contribution in [2.45, 2.75) is 11.8 Å². The second-order valence-electron chi connectivity index (χ2n) is 2.63. The summed E-state index contributed by atoms with van der Waals surface area (Å²) in [5, 5.41) is 10.6. The number of carboxylic acid groups (broad SMARTS) is 1. The van der Waals surface area contributed by atoms with Crippen molar-refractivity contribution in [3.05, 3.63) is 24.0 Å². The summed E-state index contributed by atoms with van der Waals surface area (Å²) < 4.78 is 0. The smallest absolute Gasteiger partial charge is 0.140 e. The second-order valence-corrected chi connectivity index (χ2v) is 3.65. The topological polar surface area (TPSA) is 70.1 Å². The first kappa shape index (κ1) is 10.7. The van der Waals surface area contributed by atoms with Gasteiger partial charge in [0.1, 0.15) is 5.78 Å². The summed E-state index contributed by atoms with van der Waals surface area (Å²) in [6, 6.07) is 3.22. The number of carbonyl (C=O) groups excluding carboxylic acids is 2. The Bertz CT molecular complexity index is 365. The molecule has 1 rings (SSSR count). The summed E-state index contributed by atoms with van der Waals surface area (Å²) in [4.78, 5) is 25.4. The Balaban J connectivity index is 2.84. The normalized spacial score (nSPS) is 9.79. The number of ketones is 1. The molecule has 0 aliphatic heterocycles. The molecule has 4 nitrogen and oxygen atoms in total. The number of rotatable bonds is 4. The summed E-state index contributed by atoms with van der Waals surface area (Å²) >= 11 is 1.15. The molecule has 0 aromatic carbocycles. The van der Waals surface area contributed by atoms with Gasteiger partial charge in [0.05, 0.1) is 17.4 Å². The van der Waals surface area contributed by atoms with Gasteiger partial charge in [0.25, 0.3) is 0 Å². The van der Waals surface area contributed by atoms with E-state index >= 15 is 0 Å². The largest absolute Gasteiger partial charge is 0.543 e. The van der Waals surface area contributed by atoms with Crippen LogP contribution in [0.5, 0.6) is 0 Å². The van der Waals surface area contributed by atoms with E-state index in [4.69, 9.17) is 0 Å². The average molecular weight is 210 g/mol. The highest BCUT2D eigenvalue weighted by Crippen LogP contribution is 2.20. The van der Waals surface area contributed by atoms with Crippen LogP contribution in [0.4, 0.5) is 0 Å². The number of Topliss-reactive ketones (excluding diaryl/α,β-unsaturated/α-hetero) is 1. The van der Waals surface area contributed by atoms with Crippen LogP contribution in [0, 0.1) is 0 Å². The Kier molecular flexibility index (Phi) is 3.64. The number of hydrogen-bond acceptors (Lipinski definition) is 5. The monoisotopic (exact) mass is 210 g/mol. The molecule has 1 aromatic heterocycles. The highest BCUT2D eigenvalue weighted by atomic mass is 32.2. The maximum atomic E-state index is 10.7. The van der Waals surface area contributed by atoms with Crippen molar-refractivity contribution in [3.8, 4) is 0 Å². The molecule has 0 atom stereocenters. The van der Waals surface area contributed by atoms with Crippen molar-refractivity contribution in [1.29, 1.82) is 0 Å². The van der Waals surface area contributed by atoms with Crippen molar-refractivity contribution in [1.82, 2.24) is 4.98 Å². The summed E-state index contributed by atoms with van der Waals surface area (Å²) in [6.07, 6.45) is 1.38. The van der Waals surface area contributed by atoms with E-state index in [1.807, 2.05) is 0 Å². The van der Waals surface area contributed by atoms with Crippen LogP contribution in [-0.2, 0) is 4.79 Å². The third-order valence-electron chi connectivity index (χ3n) is 1.39. The number of hydrogen-bond donors (Lipinski definition) is 0. The van der Waals surface area contributed by atoms with E-state index in [2.05, 4.69) is 4.98 Å². The molecule has 0 fully saturated rings. The minimum Gasteiger partial charge on any atom is -0.543 e. The van der Waals surface area contributed by atoms with E-state index in [1.54, 1.807) is 12.1 Å². The van der Waals surface area contributed by atoms with Crippen LogP contribution in [0.25, 0.3) is 0 Å². The van der Waals surface area contributed by atoms with Gasteiger partial charge in [-0.05, 0) is 19.1 Å². The molecule has 0 saturated heterocycles. The molecule has 5 heteroatoms. The fraction of sp³-hybridized carbons (Fsp3) is 0.222. The van der Waals surface area contributed by atoms with Gasteiger partial charge in [-0.2, -0.15) is 0 Å². The summed E-state index contributed by atoms with van der Waals surface area (Å²) in [5.41, 5.74) is -0.112. The third kappa shape index (κ3) is 2.85. The number of aromatic carboxylic acids is 1. The third-order valence-corrected chi connectivity index (χ3v) is 2.59. The zero-order chi connectivity index (χ0) is 10.6. The molecule has 0 amide bonds. The first-order chi connectivity index (χ1) is 6.61. The number of pyridine rings is 1. The lowest BCUT2D eigenvalue weighted by atomic mass is 10.3. The molecular formula is C9H8NO3S-. The standard InChI is InChI=1S/C9H9NO3S/c1-6(11)5-14-7-3-2-4-10-8(7)9(12)13/h2-4H,5H2,1H3,(H,12,13)/p-1. The van der Waals surface area contributed by atoms with E-state index in [0.717, 1.165) is 11.8 Å². The van der Waals surface area contributed by atoms with Crippen molar-refractivity contribution in [2.24, 2.45) is 0 Å². The first-order valence-electron chi connectivity index (χ1n) is 3.90. The maximum absolute atomic E-state index is 10.7. The molecule has 14 heavy (non-hydrogen) atoms. The molecule has 0 saturated carbocycles. The van der Waals surface area contributed by atoms with Crippen molar-refractivity contribution < 1.29 is 14.7 Å². The zero-order valence-electron chi connectivity index (χ0n) is 7.52. The number of carbonyl (C=O) groups is 2. The molecule has 0 aliphatic rings. The summed E-state index contributed by atoms with van der Waals surface area (Å²) in [5.74, 6) is -1.09. The fourth-order valence-electron chi connectivity index (χ4n) is 0.840. The van der Waals surface area contributed by atoms with Crippen LogP contribution >= 0.6 is 11.8 Å². The van der Waals surface area contributed by atoms with Crippen LogP contribution in [0.3, 0.4) is 0 Å². The second kappa shape index (κ2) is 4.76. The van der Waals surface area contributed by atoms with Crippen LogP contribution in [0.1, 0.15) is 17.4 Å². The van der Waals surface area contributed by atoms with Gasteiger partial charge in [-0.25, -0.2) is 0 Å². The number of thioether (sulfide) groups is 1. The lowest BCUT2D eigenvalue weighted by molar-refractivity contribution is -0.255. The molecule has 0 radical (unpaired) electrons. The first-order valence-corrected chi connectivity index (χ1v) is 4.88. The van der Waals surface area contributed by atoms with Gasteiger partial charge < -0.3 is 9.90 Å². The van der Waals surface area contributed by atoms with Crippen LogP contribution in [0.2, 0.25) is 0 Å². The van der Waals surface area contributed by atoms with Crippen LogP contribution in [-0.4, -0.2) is 22.5 Å². The van der Waals surface area contributed by atoms with Crippen LogP contribution < -0.4 is 5.11 Å². The van der Waals surface area contributed by atoms with Gasteiger partial charge in [-0.15, -0.1) is 11.8 Å². The molecular weight excluding hydrogens is 202 g/mol. The van der Waals surface area contributed by atoms with Crippen molar-refractivity contribution >= 4 is 23.5 Å². The van der Waals surface area contributed by atoms with Crippen molar-refractivity contribution in [2.75, 3.05) is 5.75 Å². The molecule has 0 N–H and O–H groups in total. The van der Waals surface area contributed by atoms with Crippen LogP contribution in [0.15, 0.2) is 23.2 Å². The molecule has 0 spiro atoms. The highest BCUT2D eigenvalue weighted by Gasteiger charge is 2.05. The Morgan fingerprint density at radius 2 is 2.29 bits per heavy atom. The van der Waals surface area contributed by atoms with E-state index < -0.39 is 5.97 Å². The minimum absolute atomic E-state index is 0.0110. The van der Waals surface area contributed by atoms with Gasteiger partial charge in [0.2, 0.25) is 0 Å². The quantitative estimate of drug-likeness (QED) is 0.660. The zero-order valence-corrected chi connectivity index (χ0v) is 8.34. The van der Waals surface area contributed by atoms with Gasteiger partial charge in [-0.3, -0.25) is 9.78 Å². The Labute approximate surface area is 85.4 Å². The van der Waals surface area contributed by atoms with E-state index in [9.17, 15) is 14.7 Å². The lowest BCUT2D eigenvalue weighted by Gasteiger charge is -2.06. The van der Waals surface area contributed by atoms with Gasteiger partial charge in [-0.1, -0.05) is 0 Å². The van der Waals surface area contributed by atoms with Crippen molar-refractivity contribution in [3.63, 3.8) is 0 Å². The van der Waals surface area contributed by atoms with Gasteiger partial charge in [0, 0.05) is 11.1 Å². The molecule has 0 unspecified atom stereocenters. The molecule has 0 bridgehead atoms. The lowest BCUT2D eigenvalue weighted by Crippen LogP contribution is -2.24. The number of aromatic nitrogens is 1. The van der Waals surface area contributed by atoms with E-state index in [0.29, 0.717) is 4.90 Å². The Morgan fingerprint density at radius 1 is 1.57 bits per heavy atom. The molecule has 0 aliphatic carbocycles. The predicted octanol–water partition coefficient (Wildman–Crippen LogP) is 0.126. The highest BCUT2D eigenvalue weighted by molar-refractivity contribution is 8.00. The minimum atomic E-state index is -1.32. The molecule has 74 valence electrons. The average Bonchev–Trinajstić information content (AvgIpc) is 2.15. The Hall–Kier alpha value is -1.36. The molecule has 1 heterocycles. The molecule has 1 aromatic rings.